The monoisotopic (exact) mass is 297 g/mol. The van der Waals surface area contributed by atoms with E-state index in [0.717, 1.165) is 22.5 Å². The second kappa shape index (κ2) is 6.07. The number of pyridine rings is 1. The zero-order valence-corrected chi connectivity index (χ0v) is 12.1. The van der Waals surface area contributed by atoms with Crippen molar-refractivity contribution in [2.24, 2.45) is 0 Å². The first kappa shape index (κ1) is 14.4. The van der Waals surface area contributed by atoms with Crippen molar-refractivity contribution in [2.75, 3.05) is 0 Å². The van der Waals surface area contributed by atoms with E-state index in [4.69, 9.17) is 0 Å². The van der Waals surface area contributed by atoms with E-state index in [1.54, 1.807) is 31.6 Å². The normalized spacial score (nSPS) is 12.3. The van der Waals surface area contributed by atoms with Crippen LogP contribution in [0.4, 0.5) is 4.39 Å². The van der Waals surface area contributed by atoms with Gasteiger partial charge in [-0.1, -0.05) is 6.07 Å². The predicted octanol–water partition coefficient (Wildman–Crippen LogP) is 3.13. The van der Waals surface area contributed by atoms with Crippen LogP contribution in [0.25, 0.3) is 11.4 Å². The van der Waals surface area contributed by atoms with Gasteiger partial charge >= 0.3 is 0 Å². The molecule has 0 bridgehead atoms. The minimum atomic E-state index is -0.726. The van der Waals surface area contributed by atoms with Gasteiger partial charge in [-0.3, -0.25) is 4.98 Å². The third kappa shape index (κ3) is 2.89. The van der Waals surface area contributed by atoms with E-state index in [1.165, 1.54) is 12.1 Å². The standard InChI is InChI=1S/C17H16FN3O/c1-12-10-14(18)2-3-15(12)16(22)11-21-9-8-20-17(21)13-4-6-19-7-5-13/h2-10,16,22H,11H2,1H3. The van der Waals surface area contributed by atoms with Gasteiger partial charge in [0.25, 0.3) is 0 Å². The molecule has 0 amide bonds. The molecule has 22 heavy (non-hydrogen) atoms. The van der Waals surface area contributed by atoms with Crippen molar-refractivity contribution >= 4 is 0 Å². The van der Waals surface area contributed by atoms with Crippen LogP contribution in [0.5, 0.6) is 0 Å². The summed E-state index contributed by atoms with van der Waals surface area (Å²) in [5, 5.41) is 10.5. The average molecular weight is 297 g/mol. The Bertz CT molecular complexity index is 771. The summed E-state index contributed by atoms with van der Waals surface area (Å²) in [5.41, 5.74) is 2.39. The molecule has 5 heteroatoms. The van der Waals surface area contributed by atoms with Gasteiger partial charge < -0.3 is 9.67 Å². The van der Waals surface area contributed by atoms with Gasteiger partial charge in [0.1, 0.15) is 11.6 Å². The van der Waals surface area contributed by atoms with Crippen LogP contribution in [-0.2, 0) is 6.54 Å². The quantitative estimate of drug-likeness (QED) is 0.805. The molecule has 0 aliphatic rings. The first-order valence-electron chi connectivity index (χ1n) is 7.01. The molecular weight excluding hydrogens is 281 g/mol. The molecule has 0 spiro atoms. The third-order valence-corrected chi connectivity index (χ3v) is 3.61. The lowest BCUT2D eigenvalue weighted by Crippen LogP contribution is -2.10. The predicted molar refractivity (Wildman–Crippen MR) is 81.6 cm³/mol. The molecule has 0 fully saturated rings. The van der Waals surface area contributed by atoms with E-state index in [1.807, 2.05) is 22.9 Å². The Labute approximate surface area is 127 Å². The summed E-state index contributed by atoms with van der Waals surface area (Å²) >= 11 is 0. The van der Waals surface area contributed by atoms with Gasteiger partial charge in [0.15, 0.2) is 0 Å². The third-order valence-electron chi connectivity index (χ3n) is 3.61. The number of halogens is 1. The molecule has 1 atom stereocenters. The zero-order valence-electron chi connectivity index (χ0n) is 12.1. The topological polar surface area (TPSA) is 50.9 Å². The van der Waals surface area contributed by atoms with Gasteiger partial charge in [0, 0.05) is 30.4 Å². The summed E-state index contributed by atoms with van der Waals surface area (Å²) in [5.74, 6) is 0.467. The number of aromatic nitrogens is 3. The molecule has 0 aliphatic heterocycles. The second-order valence-electron chi connectivity index (χ2n) is 5.16. The molecule has 2 aromatic heterocycles. The number of aliphatic hydroxyl groups excluding tert-OH is 1. The number of hydrogen-bond acceptors (Lipinski definition) is 3. The number of hydrogen-bond donors (Lipinski definition) is 1. The summed E-state index contributed by atoms with van der Waals surface area (Å²) < 4.78 is 15.0. The maximum Gasteiger partial charge on any atom is 0.140 e. The van der Waals surface area contributed by atoms with Gasteiger partial charge in [-0.25, -0.2) is 9.37 Å². The van der Waals surface area contributed by atoms with E-state index in [0.29, 0.717) is 6.54 Å². The lowest BCUT2D eigenvalue weighted by atomic mass is 10.0. The average Bonchev–Trinajstić information content (AvgIpc) is 2.96. The van der Waals surface area contributed by atoms with Crippen molar-refractivity contribution in [1.82, 2.24) is 14.5 Å². The Balaban J connectivity index is 1.86. The van der Waals surface area contributed by atoms with Crippen molar-refractivity contribution < 1.29 is 9.50 Å². The second-order valence-corrected chi connectivity index (χ2v) is 5.16. The molecule has 1 unspecified atom stereocenters. The van der Waals surface area contributed by atoms with Crippen molar-refractivity contribution in [1.29, 1.82) is 0 Å². The largest absolute Gasteiger partial charge is 0.387 e. The van der Waals surface area contributed by atoms with Crippen molar-refractivity contribution in [2.45, 2.75) is 19.6 Å². The van der Waals surface area contributed by atoms with Crippen molar-refractivity contribution in [3.8, 4) is 11.4 Å². The fraction of sp³-hybridized carbons (Fsp3) is 0.176. The number of rotatable bonds is 4. The SMILES string of the molecule is Cc1cc(F)ccc1C(O)Cn1ccnc1-c1ccncc1. The Morgan fingerprint density at radius 2 is 1.95 bits per heavy atom. The minimum absolute atomic E-state index is 0.298. The summed E-state index contributed by atoms with van der Waals surface area (Å²) in [4.78, 5) is 8.33. The van der Waals surface area contributed by atoms with Gasteiger partial charge in [0.05, 0.1) is 12.6 Å². The smallest absolute Gasteiger partial charge is 0.140 e. The number of nitrogens with zero attached hydrogens (tertiary/aromatic N) is 3. The van der Waals surface area contributed by atoms with Crippen LogP contribution >= 0.6 is 0 Å². The van der Waals surface area contributed by atoms with E-state index in [-0.39, 0.29) is 5.82 Å². The molecule has 1 aromatic carbocycles. The highest BCUT2D eigenvalue weighted by molar-refractivity contribution is 5.54. The van der Waals surface area contributed by atoms with Crippen molar-refractivity contribution in [3.05, 3.63) is 72.1 Å². The van der Waals surface area contributed by atoms with Crippen LogP contribution in [0.1, 0.15) is 17.2 Å². The zero-order chi connectivity index (χ0) is 15.5. The number of imidazole rings is 1. The molecule has 0 saturated heterocycles. The fourth-order valence-electron chi connectivity index (χ4n) is 2.52. The van der Waals surface area contributed by atoms with Crippen LogP contribution in [0.2, 0.25) is 0 Å². The van der Waals surface area contributed by atoms with Crippen LogP contribution in [0.3, 0.4) is 0 Å². The highest BCUT2D eigenvalue weighted by Crippen LogP contribution is 2.23. The van der Waals surface area contributed by atoms with E-state index >= 15 is 0 Å². The van der Waals surface area contributed by atoms with Crippen LogP contribution in [0, 0.1) is 12.7 Å². The van der Waals surface area contributed by atoms with Gasteiger partial charge in [-0.2, -0.15) is 0 Å². The minimum Gasteiger partial charge on any atom is -0.387 e. The Morgan fingerprint density at radius 3 is 2.68 bits per heavy atom. The van der Waals surface area contributed by atoms with Gasteiger partial charge in [-0.05, 0) is 42.3 Å². The Kier molecular flexibility index (Phi) is 3.98. The van der Waals surface area contributed by atoms with Crippen LogP contribution < -0.4 is 0 Å². The summed E-state index contributed by atoms with van der Waals surface area (Å²) in [6, 6.07) is 8.15. The number of benzene rings is 1. The molecule has 112 valence electrons. The van der Waals surface area contributed by atoms with E-state index < -0.39 is 6.10 Å². The maximum atomic E-state index is 13.2. The first-order valence-corrected chi connectivity index (χ1v) is 7.01. The molecule has 3 aromatic rings. The fourth-order valence-corrected chi connectivity index (χ4v) is 2.52. The molecule has 4 nitrogen and oxygen atoms in total. The lowest BCUT2D eigenvalue weighted by molar-refractivity contribution is 0.156. The highest BCUT2D eigenvalue weighted by Gasteiger charge is 2.14. The molecule has 0 saturated carbocycles. The molecule has 1 N–H and O–H groups in total. The van der Waals surface area contributed by atoms with E-state index in [9.17, 15) is 9.50 Å². The number of aliphatic hydroxyl groups is 1. The van der Waals surface area contributed by atoms with Gasteiger partial charge in [0.2, 0.25) is 0 Å². The molecular formula is C17H16FN3O. The van der Waals surface area contributed by atoms with E-state index in [2.05, 4.69) is 9.97 Å². The van der Waals surface area contributed by atoms with Crippen molar-refractivity contribution in [3.63, 3.8) is 0 Å². The summed E-state index contributed by atoms with van der Waals surface area (Å²) in [6.07, 6.45) is 6.19. The number of aryl methyl sites for hydroxylation is 1. The lowest BCUT2D eigenvalue weighted by Gasteiger charge is -2.16. The molecule has 3 rings (SSSR count). The molecule has 0 aliphatic carbocycles. The summed E-state index contributed by atoms with van der Waals surface area (Å²) in [7, 11) is 0. The highest BCUT2D eigenvalue weighted by atomic mass is 19.1. The molecule has 2 heterocycles. The van der Waals surface area contributed by atoms with Crippen LogP contribution in [-0.4, -0.2) is 19.6 Å². The van der Waals surface area contributed by atoms with Gasteiger partial charge in [-0.15, -0.1) is 0 Å². The first-order chi connectivity index (χ1) is 10.6. The maximum absolute atomic E-state index is 13.2. The Morgan fingerprint density at radius 1 is 1.18 bits per heavy atom. The van der Waals surface area contributed by atoms with Crippen LogP contribution in [0.15, 0.2) is 55.1 Å². The Hall–Kier alpha value is -2.53. The summed E-state index contributed by atoms with van der Waals surface area (Å²) in [6.45, 7) is 2.14. The molecule has 0 radical (unpaired) electrons.